The zero-order valence-corrected chi connectivity index (χ0v) is 5.48. The molecule has 1 heteroatoms. The van der Waals surface area contributed by atoms with Gasteiger partial charge in [0.2, 0.25) is 0 Å². The molecule has 0 amide bonds. The number of terminal acetylenes is 1. The summed E-state index contributed by atoms with van der Waals surface area (Å²) in [6, 6.07) is 0. The fourth-order valence-corrected chi connectivity index (χ4v) is 0.582. The van der Waals surface area contributed by atoms with E-state index < -0.39 is 0 Å². The Labute approximate surface area is 51.0 Å². The van der Waals surface area contributed by atoms with E-state index in [-0.39, 0.29) is 6.10 Å². The van der Waals surface area contributed by atoms with Crippen molar-refractivity contribution in [2.24, 2.45) is 0 Å². The largest absolute Gasteiger partial charge is 0.444 e. The number of rotatable bonds is 3. The van der Waals surface area contributed by atoms with E-state index in [9.17, 15) is 0 Å². The van der Waals surface area contributed by atoms with E-state index in [4.69, 9.17) is 11.2 Å². The van der Waals surface area contributed by atoms with Crippen LogP contribution in [0.15, 0.2) is 0 Å². The van der Waals surface area contributed by atoms with Crippen LogP contribution in [-0.2, 0) is 4.74 Å². The fraction of sp³-hybridized carbons (Fsp3) is 0.714. The van der Waals surface area contributed by atoms with Crippen molar-refractivity contribution in [2.45, 2.75) is 32.8 Å². The lowest BCUT2D eigenvalue weighted by Crippen LogP contribution is -2.01. The van der Waals surface area contributed by atoms with Gasteiger partial charge in [-0.25, -0.2) is 0 Å². The first-order valence-corrected chi connectivity index (χ1v) is 2.92. The molecule has 0 saturated carbocycles. The van der Waals surface area contributed by atoms with Crippen LogP contribution in [-0.4, -0.2) is 6.10 Å². The molecule has 0 N–H and O–H groups in total. The molecule has 1 nitrogen and oxygen atoms in total. The Balaban J connectivity index is 3.08. The summed E-state index contributed by atoms with van der Waals surface area (Å²) in [5.74, 6) is 0. The maximum atomic E-state index is 4.89. The summed E-state index contributed by atoms with van der Waals surface area (Å²) in [4.78, 5) is 0. The van der Waals surface area contributed by atoms with Crippen LogP contribution in [0.1, 0.15) is 26.7 Å². The topological polar surface area (TPSA) is 9.23 Å². The molecular weight excluding hydrogens is 100 g/mol. The smallest absolute Gasteiger partial charge is 0.108 e. The number of hydrogen-bond donors (Lipinski definition) is 0. The van der Waals surface area contributed by atoms with Gasteiger partial charge in [-0.15, -0.1) is 0 Å². The van der Waals surface area contributed by atoms with Crippen molar-refractivity contribution in [1.29, 1.82) is 0 Å². The lowest BCUT2D eigenvalue weighted by atomic mass is 10.2. The van der Waals surface area contributed by atoms with Crippen LogP contribution in [0.2, 0.25) is 0 Å². The number of hydrogen-bond acceptors (Lipinski definition) is 1. The molecule has 0 aromatic carbocycles. The van der Waals surface area contributed by atoms with E-state index in [1.165, 1.54) is 0 Å². The molecule has 8 heavy (non-hydrogen) atoms. The second-order valence-electron chi connectivity index (χ2n) is 1.83. The van der Waals surface area contributed by atoms with Crippen molar-refractivity contribution in [3.05, 3.63) is 0 Å². The Bertz CT molecular complexity index is 80.9. The second-order valence-corrected chi connectivity index (χ2v) is 1.83. The Kier molecular flexibility index (Phi) is 4.16. The maximum absolute atomic E-state index is 4.89. The van der Waals surface area contributed by atoms with E-state index >= 15 is 0 Å². The molecule has 0 aliphatic carbocycles. The van der Waals surface area contributed by atoms with Gasteiger partial charge in [-0.3, -0.25) is 0 Å². The van der Waals surface area contributed by atoms with Gasteiger partial charge >= 0.3 is 0 Å². The number of ether oxygens (including phenoxy) is 1. The molecular formula is C7H12O. The van der Waals surface area contributed by atoms with Crippen LogP contribution in [0.3, 0.4) is 0 Å². The van der Waals surface area contributed by atoms with E-state index in [0.29, 0.717) is 0 Å². The summed E-state index contributed by atoms with van der Waals surface area (Å²) < 4.78 is 4.81. The highest BCUT2D eigenvalue weighted by molar-refractivity contribution is 4.70. The maximum Gasteiger partial charge on any atom is 0.108 e. The van der Waals surface area contributed by atoms with Gasteiger partial charge in [-0.1, -0.05) is 19.8 Å². The minimum atomic E-state index is 0.227. The van der Waals surface area contributed by atoms with Gasteiger partial charge in [0.25, 0.3) is 0 Å². The molecule has 46 valence electrons. The van der Waals surface area contributed by atoms with E-state index in [0.717, 1.165) is 12.8 Å². The molecule has 0 aliphatic rings. The minimum absolute atomic E-state index is 0.227. The van der Waals surface area contributed by atoms with Crippen LogP contribution in [0.25, 0.3) is 0 Å². The van der Waals surface area contributed by atoms with Gasteiger partial charge in [-0.2, -0.15) is 0 Å². The third kappa shape index (κ3) is 3.55. The molecule has 0 bridgehead atoms. The Hall–Kier alpha value is -0.640. The summed E-state index contributed by atoms with van der Waals surface area (Å²) in [7, 11) is 0. The van der Waals surface area contributed by atoms with E-state index in [1.807, 2.05) is 6.92 Å². The monoisotopic (exact) mass is 112 g/mol. The molecule has 0 spiro atoms. The molecule has 0 heterocycles. The first-order valence-electron chi connectivity index (χ1n) is 2.92. The lowest BCUT2D eigenvalue weighted by molar-refractivity contribution is 0.174. The highest BCUT2D eigenvalue weighted by Gasteiger charge is 1.95. The summed E-state index contributed by atoms with van der Waals surface area (Å²) in [5.41, 5.74) is 0. The highest BCUT2D eigenvalue weighted by atomic mass is 16.5. The van der Waals surface area contributed by atoms with Crippen molar-refractivity contribution < 1.29 is 4.74 Å². The van der Waals surface area contributed by atoms with Crippen molar-refractivity contribution in [2.75, 3.05) is 0 Å². The summed E-state index contributed by atoms with van der Waals surface area (Å²) >= 11 is 0. The van der Waals surface area contributed by atoms with Crippen LogP contribution >= 0.6 is 0 Å². The summed E-state index contributed by atoms with van der Waals surface area (Å²) in [6.07, 6.45) is 9.44. The van der Waals surface area contributed by atoms with Crippen molar-refractivity contribution in [3.8, 4) is 12.5 Å². The minimum Gasteiger partial charge on any atom is -0.444 e. The van der Waals surface area contributed by atoms with Crippen molar-refractivity contribution in [3.63, 3.8) is 0 Å². The van der Waals surface area contributed by atoms with Crippen molar-refractivity contribution >= 4 is 0 Å². The predicted molar refractivity (Wildman–Crippen MR) is 34.3 cm³/mol. The fourth-order valence-electron chi connectivity index (χ4n) is 0.582. The zero-order chi connectivity index (χ0) is 6.41. The highest BCUT2D eigenvalue weighted by Crippen LogP contribution is 1.98. The Morgan fingerprint density at radius 2 is 2.38 bits per heavy atom. The molecule has 0 radical (unpaired) electrons. The lowest BCUT2D eigenvalue weighted by Gasteiger charge is -2.04. The molecule has 0 fully saturated rings. The van der Waals surface area contributed by atoms with Crippen LogP contribution in [0.5, 0.6) is 0 Å². The Morgan fingerprint density at radius 1 is 1.75 bits per heavy atom. The average Bonchev–Trinajstić information content (AvgIpc) is 1.68. The first-order chi connectivity index (χ1) is 3.81. The summed E-state index contributed by atoms with van der Waals surface area (Å²) in [5, 5.41) is 0. The van der Waals surface area contributed by atoms with Gasteiger partial charge in [0.1, 0.15) is 12.2 Å². The molecule has 0 aromatic rings. The summed E-state index contributed by atoms with van der Waals surface area (Å²) in [6.45, 7) is 4.08. The van der Waals surface area contributed by atoms with Crippen LogP contribution in [0.4, 0.5) is 0 Å². The molecule has 0 rings (SSSR count). The molecule has 0 saturated heterocycles. The van der Waals surface area contributed by atoms with Crippen LogP contribution < -0.4 is 0 Å². The van der Waals surface area contributed by atoms with Gasteiger partial charge in [0.05, 0.1) is 0 Å². The van der Waals surface area contributed by atoms with E-state index in [1.54, 1.807) is 0 Å². The standard InChI is InChI=1S/C7H12O/c1-4-6-7(3)8-5-2/h2,7H,4,6H2,1,3H3. The van der Waals surface area contributed by atoms with Crippen molar-refractivity contribution in [1.82, 2.24) is 0 Å². The third-order valence-electron chi connectivity index (χ3n) is 0.964. The normalized spacial score (nSPS) is 12.1. The van der Waals surface area contributed by atoms with Gasteiger partial charge in [-0.05, 0) is 13.3 Å². The van der Waals surface area contributed by atoms with Gasteiger partial charge < -0.3 is 4.74 Å². The first kappa shape index (κ1) is 7.36. The molecule has 1 unspecified atom stereocenters. The predicted octanol–water partition coefficient (Wildman–Crippen LogP) is 1.78. The molecule has 1 atom stereocenters. The SMILES string of the molecule is C#COC(C)CCC. The second kappa shape index (κ2) is 4.52. The molecule has 0 aliphatic heterocycles. The quantitative estimate of drug-likeness (QED) is 0.506. The zero-order valence-electron chi connectivity index (χ0n) is 5.48. The van der Waals surface area contributed by atoms with Crippen LogP contribution in [0, 0.1) is 12.5 Å². The Morgan fingerprint density at radius 3 is 2.75 bits per heavy atom. The molecule has 0 aromatic heterocycles. The average molecular weight is 112 g/mol. The third-order valence-corrected chi connectivity index (χ3v) is 0.964. The van der Waals surface area contributed by atoms with Gasteiger partial charge in [0.15, 0.2) is 0 Å². The van der Waals surface area contributed by atoms with E-state index in [2.05, 4.69) is 13.0 Å². The van der Waals surface area contributed by atoms with Gasteiger partial charge in [0, 0.05) is 0 Å².